The topological polar surface area (TPSA) is 31.4 Å². The van der Waals surface area contributed by atoms with Crippen LogP contribution in [0.2, 0.25) is 0 Å². The Morgan fingerprint density at radius 1 is 1.42 bits per heavy atom. The molecule has 1 aliphatic rings. The zero-order chi connectivity index (χ0) is 14.3. The number of ether oxygens (including phenoxy) is 2. The molecule has 1 fully saturated rings. The number of aromatic nitrogens is 1. The smallest absolute Gasteiger partial charge is 0.425 e. The molecule has 0 spiro atoms. The molecule has 1 atom stereocenters. The highest BCUT2D eigenvalue weighted by Gasteiger charge is 2.45. The Balaban J connectivity index is 2.30. The van der Waals surface area contributed by atoms with Crippen LogP contribution in [0, 0.1) is 6.92 Å². The number of rotatable bonds is 3. The van der Waals surface area contributed by atoms with Gasteiger partial charge in [-0.15, -0.1) is 0 Å². The highest BCUT2D eigenvalue weighted by atomic mass is 19.4. The first-order valence-electron chi connectivity index (χ1n) is 5.69. The van der Waals surface area contributed by atoms with Gasteiger partial charge in [0.2, 0.25) is 0 Å². The van der Waals surface area contributed by atoms with E-state index in [1.807, 2.05) is 0 Å². The summed E-state index contributed by atoms with van der Waals surface area (Å²) in [6.07, 6.45) is -5.32. The minimum Gasteiger partial charge on any atom is -0.481 e. The van der Waals surface area contributed by atoms with E-state index in [4.69, 9.17) is 9.47 Å². The maximum absolute atomic E-state index is 14.3. The molecule has 106 valence electrons. The third-order valence-corrected chi connectivity index (χ3v) is 2.91. The van der Waals surface area contributed by atoms with Gasteiger partial charge < -0.3 is 9.47 Å². The second-order valence-electron chi connectivity index (χ2n) is 4.58. The van der Waals surface area contributed by atoms with E-state index >= 15 is 0 Å². The molecule has 7 heteroatoms. The highest BCUT2D eigenvalue weighted by Crippen LogP contribution is 2.40. The first-order chi connectivity index (χ1) is 8.72. The number of halogens is 4. The third-order valence-electron chi connectivity index (χ3n) is 2.91. The minimum absolute atomic E-state index is 0.000417. The molecule has 3 nitrogen and oxygen atoms in total. The summed E-state index contributed by atoms with van der Waals surface area (Å²) >= 11 is 0. The van der Waals surface area contributed by atoms with Gasteiger partial charge in [0.15, 0.2) is 11.8 Å². The van der Waals surface area contributed by atoms with Gasteiger partial charge >= 0.3 is 6.18 Å². The van der Waals surface area contributed by atoms with Crippen molar-refractivity contribution in [3.63, 3.8) is 0 Å². The monoisotopic (exact) mass is 279 g/mol. The van der Waals surface area contributed by atoms with Crippen LogP contribution in [0.5, 0.6) is 5.75 Å². The number of hydrogen-bond donors (Lipinski definition) is 0. The van der Waals surface area contributed by atoms with Crippen molar-refractivity contribution in [3.8, 4) is 5.75 Å². The molecule has 0 N–H and O–H groups in total. The van der Waals surface area contributed by atoms with Crippen LogP contribution in [0.1, 0.15) is 18.2 Å². The van der Waals surface area contributed by atoms with Crippen molar-refractivity contribution >= 4 is 0 Å². The average Bonchev–Trinajstić information content (AvgIpc) is 2.25. The van der Waals surface area contributed by atoms with Gasteiger partial charge in [-0.1, -0.05) is 0 Å². The van der Waals surface area contributed by atoms with E-state index in [1.54, 1.807) is 6.92 Å². The molecule has 0 radical (unpaired) electrons. The number of alkyl halides is 4. The van der Waals surface area contributed by atoms with Crippen LogP contribution in [0.25, 0.3) is 0 Å². The second-order valence-corrected chi connectivity index (χ2v) is 4.58. The summed E-state index contributed by atoms with van der Waals surface area (Å²) in [4.78, 5) is 3.90. The molecule has 0 amide bonds. The molecule has 0 bridgehead atoms. The Hall–Kier alpha value is -1.37. The fourth-order valence-electron chi connectivity index (χ4n) is 1.66. The van der Waals surface area contributed by atoms with Crippen LogP contribution >= 0.6 is 0 Å². The fraction of sp³-hybridized carbons (Fsp3) is 0.583. The van der Waals surface area contributed by atoms with Gasteiger partial charge in [0.1, 0.15) is 5.75 Å². The Morgan fingerprint density at radius 3 is 2.53 bits per heavy atom. The molecule has 1 saturated heterocycles. The van der Waals surface area contributed by atoms with Crippen LogP contribution in [0.15, 0.2) is 12.3 Å². The summed E-state index contributed by atoms with van der Waals surface area (Å²) < 4.78 is 61.4. The Kier molecular flexibility index (Phi) is 3.42. The van der Waals surface area contributed by atoms with Crippen molar-refractivity contribution in [1.82, 2.24) is 4.98 Å². The van der Waals surface area contributed by atoms with Gasteiger partial charge in [0.05, 0.1) is 18.8 Å². The van der Waals surface area contributed by atoms with Gasteiger partial charge in [-0.3, -0.25) is 4.98 Å². The van der Waals surface area contributed by atoms with Crippen molar-refractivity contribution in [2.45, 2.75) is 31.8 Å². The maximum atomic E-state index is 14.3. The first-order valence-corrected chi connectivity index (χ1v) is 5.69. The van der Waals surface area contributed by atoms with E-state index in [2.05, 4.69) is 4.98 Å². The predicted octanol–water partition coefficient (Wildman–Crippen LogP) is 2.91. The van der Waals surface area contributed by atoms with Crippen LogP contribution in [0.4, 0.5) is 17.6 Å². The molecular weight excluding hydrogens is 266 g/mol. The van der Waals surface area contributed by atoms with E-state index in [1.165, 1.54) is 12.3 Å². The lowest BCUT2D eigenvalue weighted by atomic mass is 9.94. The zero-order valence-corrected chi connectivity index (χ0v) is 10.4. The predicted molar refractivity (Wildman–Crippen MR) is 58.7 cm³/mol. The second kappa shape index (κ2) is 4.63. The normalized spacial score (nSPS) is 19.7. The summed E-state index contributed by atoms with van der Waals surface area (Å²) in [6, 6.07) is 1.30. The van der Waals surface area contributed by atoms with E-state index in [0.717, 1.165) is 6.92 Å². The molecule has 19 heavy (non-hydrogen) atoms. The van der Waals surface area contributed by atoms with Crippen molar-refractivity contribution in [3.05, 3.63) is 23.5 Å². The van der Waals surface area contributed by atoms with Gasteiger partial charge in [-0.25, -0.2) is 4.39 Å². The molecule has 0 aromatic carbocycles. The summed E-state index contributed by atoms with van der Waals surface area (Å²) in [5, 5.41) is 0. The Bertz CT molecular complexity index is 471. The fourth-order valence-corrected chi connectivity index (χ4v) is 1.66. The summed E-state index contributed by atoms with van der Waals surface area (Å²) in [6.45, 7) is 2.07. The average molecular weight is 279 g/mol. The molecule has 0 saturated carbocycles. The molecule has 0 aliphatic carbocycles. The molecular formula is C12H13F4NO2. The van der Waals surface area contributed by atoms with Crippen molar-refractivity contribution in [2.24, 2.45) is 0 Å². The number of nitrogens with zero attached hydrogens (tertiary/aromatic N) is 1. The molecule has 1 aromatic rings. The molecule has 2 heterocycles. The zero-order valence-electron chi connectivity index (χ0n) is 10.4. The standard InChI is InChI=1S/C12H13F4NO2/c1-7-3-10(19-8(2)12(14,15)16)9(4-17-7)11(13)5-18-6-11/h3-4,8H,5-6H2,1-2H3/t8-/m0/s1. The van der Waals surface area contributed by atoms with Crippen LogP contribution < -0.4 is 4.74 Å². The highest BCUT2D eigenvalue weighted by molar-refractivity contribution is 5.39. The van der Waals surface area contributed by atoms with E-state index in [9.17, 15) is 17.6 Å². The number of hydrogen-bond acceptors (Lipinski definition) is 3. The van der Waals surface area contributed by atoms with E-state index in [0.29, 0.717) is 5.69 Å². The van der Waals surface area contributed by atoms with Crippen LogP contribution in [0.3, 0.4) is 0 Å². The SMILES string of the molecule is Cc1cc(O[C@@H](C)C(F)(F)F)c(C2(F)COC2)cn1. The molecule has 0 unspecified atom stereocenters. The van der Waals surface area contributed by atoms with Crippen LogP contribution in [-0.2, 0) is 10.4 Å². The lowest BCUT2D eigenvalue weighted by Gasteiger charge is -2.35. The van der Waals surface area contributed by atoms with Gasteiger partial charge in [-0.05, 0) is 13.8 Å². The van der Waals surface area contributed by atoms with Crippen molar-refractivity contribution < 1.29 is 27.0 Å². The van der Waals surface area contributed by atoms with Crippen molar-refractivity contribution in [2.75, 3.05) is 13.2 Å². The quantitative estimate of drug-likeness (QED) is 0.797. The van der Waals surface area contributed by atoms with E-state index in [-0.39, 0.29) is 24.5 Å². The largest absolute Gasteiger partial charge is 0.481 e. The van der Waals surface area contributed by atoms with Gasteiger partial charge in [-0.2, -0.15) is 13.2 Å². The van der Waals surface area contributed by atoms with Crippen LogP contribution in [-0.4, -0.2) is 30.5 Å². The molecule has 1 aromatic heterocycles. The van der Waals surface area contributed by atoms with Gasteiger partial charge in [0, 0.05) is 18.0 Å². The minimum atomic E-state index is -4.51. The maximum Gasteiger partial charge on any atom is 0.425 e. The van der Waals surface area contributed by atoms with E-state index < -0.39 is 17.9 Å². The Labute approximate surface area is 107 Å². The molecule has 1 aliphatic heterocycles. The lowest BCUT2D eigenvalue weighted by molar-refractivity contribution is -0.190. The van der Waals surface area contributed by atoms with Gasteiger partial charge in [0.25, 0.3) is 0 Å². The number of pyridine rings is 1. The Morgan fingerprint density at radius 2 is 2.05 bits per heavy atom. The molecule has 2 rings (SSSR count). The first kappa shape index (κ1) is 14.0. The summed E-state index contributed by atoms with van der Waals surface area (Å²) in [7, 11) is 0. The number of aryl methyl sites for hydroxylation is 1. The third kappa shape index (κ3) is 2.80. The lowest BCUT2D eigenvalue weighted by Crippen LogP contribution is -2.43. The van der Waals surface area contributed by atoms with Crippen molar-refractivity contribution in [1.29, 1.82) is 0 Å². The summed E-state index contributed by atoms with van der Waals surface area (Å²) in [5.74, 6) is -0.136. The summed E-state index contributed by atoms with van der Waals surface area (Å²) in [5.41, 5.74) is -1.36.